The van der Waals surface area contributed by atoms with Crippen LogP contribution in [0.1, 0.15) is 40.2 Å². The van der Waals surface area contributed by atoms with Crippen molar-refractivity contribution in [2.75, 3.05) is 7.11 Å². The van der Waals surface area contributed by atoms with Crippen LogP contribution in [0.15, 0.2) is 29.2 Å². The van der Waals surface area contributed by atoms with Crippen molar-refractivity contribution in [2.24, 2.45) is 5.14 Å². The number of nitrogens with one attached hydrogen (secondary N) is 1. The number of hydrogen-bond donors (Lipinski definition) is 3. The molecule has 0 saturated heterocycles. The van der Waals surface area contributed by atoms with E-state index in [1.807, 2.05) is 38.1 Å². The summed E-state index contributed by atoms with van der Waals surface area (Å²) in [4.78, 5) is 0.660. The lowest BCUT2D eigenvalue weighted by Gasteiger charge is -2.41. The van der Waals surface area contributed by atoms with Crippen molar-refractivity contribution in [3.8, 4) is 0 Å². The van der Waals surface area contributed by atoms with Gasteiger partial charge in [-0.2, -0.15) is 0 Å². The van der Waals surface area contributed by atoms with Crippen molar-refractivity contribution in [1.29, 1.82) is 0 Å². The first-order valence-corrected chi connectivity index (χ1v) is 12.3. The largest absolute Gasteiger partial charge is 0.374 e. The molecule has 3 N–H and O–H groups in total. The van der Waals surface area contributed by atoms with Crippen LogP contribution in [0.4, 0.5) is 0 Å². The number of ether oxygens (including phenoxy) is 1. The third-order valence-electron chi connectivity index (χ3n) is 4.78. The van der Waals surface area contributed by atoms with Gasteiger partial charge >= 0.3 is 0 Å². The SMILES string of the molecule is COC(C)(C)c1ccc([SH](N)(=O)N[Si](C)(C)C(C)(C)C)cc1. The minimum Gasteiger partial charge on any atom is -0.374 e. The number of hydrogen-bond acceptors (Lipinski definition) is 2. The lowest BCUT2D eigenvalue weighted by molar-refractivity contribution is 0.0192. The zero-order valence-corrected chi connectivity index (χ0v) is 17.0. The first-order valence-electron chi connectivity index (χ1n) is 7.57. The summed E-state index contributed by atoms with van der Waals surface area (Å²) in [7, 11) is -3.33. The molecule has 1 aromatic carbocycles. The van der Waals surface area contributed by atoms with Crippen LogP contribution in [0.2, 0.25) is 18.1 Å². The third kappa shape index (κ3) is 4.26. The summed E-state index contributed by atoms with van der Waals surface area (Å²) in [5.41, 5.74) is 0.662. The molecule has 0 saturated carbocycles. The molecule has 0 aliphatic rings. The Bertz CT molecular complexity index is 563. The van der Waals surface area contributed by atoms with Gasteiger partial charge in [-0.3, -0.25) is 13.7 Å². The average molecular weight is 345 g/mol. The summed E-state index contributed by atoms with van der Waals surface area (Å²) in [6, 6.07) is 7.56. The number of methoxy groups -OCH3 is 1. The van der Waals surface area contributed by atoms with Crippen LogP contribution in [0, 0.1) is 0 Å². The van der Waals surface area contributed by atoms with Crippen LogP contribution < -0.4 is 9.53 Å². The van der Waals surface area contributed by atoms with Crippen LogP contribution in [-0.4, -0.2) is 19.6 Å². The summed E-state index contributed by atoms with van der Waals surface area (Å²) in [6.45, 7) is 14.8. The molecule has 0 bridgehead atoms. The Morgan fingerprint density at radius 1 is 1.09 bits per heavy atom. The molecular formula is C16H32N2O2SSi. The minimum atomic E-state index is -3.07. The molecule has 0 heterocycles. The van der Waals surface area contributed by atoms with Crippen LogP contribution in [-0.2, 0) is 20.6 Å². The Hall–Kier alpha value is -0.533. The fourth-order valence-corrected chi connectivity index (χ4v) is 7.62. The van der Waals surface area contributed by atoms with E-state index in [0.29, 0.717) is 4.90 Å². The Morgan fingerprint density at radius 2 is 1.55 bits per heavy atom. The summed E-state index contributed by atoms with van der Waals surface area (Å²) in [5, 5.41) is 6.23. The van der Waals surface area contributed by atoms with E-state index in [1.165, 1.54) is 0 Å². The molecule has 22 heavy (non-hydrogen) atoms. The van der Waals surface area contributed by atoms with Crippen molar-refractivity contribution in [1.82, 2.24) is 4.39 Å². The van der Waals surface area contributed by atoms with Gasteiger partial charge in [0.2, 0.25) is 0 Å². The van der Waals surface area contributed by atoms with Gasteiger partial charge in [-0.1, -0.05) is 46.0 Å². The molecule has 0 atom stereocenters. The molecule has 1 aromatic rings. The normalized spacial score (nSPS) is 15.0. The molecule has 0 spiro atoms. The van der Waals surface area contributed by atoms with Gasteiger partial charge in [0.1, 0.15) is 8.24 Å². The molecule has 6 heteroatoms. The molecule has 0 aliphatic heterocycles. The Labute approximate surface area is 137 Å². The maximum atomic E-state index is 13.0. The molecule has 0 unspecified atom stereocenters. The molecule has 128 valence electrons. The second-order valence-corrected chi connectivity index (χ2v) is 15.4. The van der Waals surface area contributed by atoms with Gasteiger partial charge in [0.05, 0.1) is 5.60 Å². The zero-order valence-electron chi connectivity index (χ0n) is 15.2. The fraction of sp³-hybridized carbons (Fsp3) is 0.625. The van der Waals surface area contributed by atoms with Gasteiger partial charge in [0.15, 0.2) is 0 Å². The summed E-state index contributed by atoms with van der Waals surface area (Å²) in [5.74, 6) is 0. The quantitative estimate of drug-likeness (QED) is 0.567. The van der Waals surface area contributed by atoms with Gasteiger partial charge in [0.25, 0.3) is 0 Å². The standard InChI is InChI=1S/C16H32N2O2SSi/c1-15(2,3)22(7,8)18-21(17,19)14-11-9-13(10-12-14)16(4,5)20-6/h9-12,21H,1-8H3,(H3,17,18,19). The first kappa shape index (κ1) is 19.5. The van der Waals surface area contributed by atoms with Crippen LogP contribution in [0.25, 0.3) is 0 Å². The molecule has 4 nitrogen and oxygen atoms in total. The summed E-state index contributed by atoms with van der Waals surface area (Å²) >= 11 is 0. The van der Waals surface area contributed by atoms with Crippen LogP contribution >= 0.6 is 0 Å². The topological polar surface area (TPSA) is 64.3 Å². The number of rotatable bonds is 5. The van der Waals surface area contributed by atoms with Crippen LogP contribution in [0.3, 0.4) is 0 Å². The summed E-state index contributed by atoms with van der Waals surface area (Å²) < 4.78 is 21.7. The van der Waals surface area contributed by atoms with E-state index in [9.17, 15) is 4.21 Å². The Kier molecular flexibility index (Phi) is 5.47. The number of thiol groups is 1. The van der Waals surface area contributed by atoms with Gasteiger partial charge in [-0.25, -0.2) is 0 Å². The van der Waals surface area contributed by atoms with Crippen LogP contribution in [0.5, 0.6) is 0 Å². The van der Waals surface area contributed by atoms with E-state index >= 15 is 0 Å². The zero-order chi connectivity index (χ0) is 17.4. The van der Waals surface area contributed by atoms with E-state index in [4.69, 9.17) is 9.88 Å². The Morgan fingerprint density at radius 3 is 1.91 bits per heavy atom. The predicted molar refractivity (Wildman–Crippen MR) is 98.8 cm³/mol. The molecule has 0 aromatic heterocycles. The van der Waals surface area contributed by atoms with E-state index in [-0.39, 0.29) is 10.6 Å². The van der Waals surface area contributed by atoms with Crippen molar-refractivity contribution >= 4 is 18.5 Å². The fourth-order valence-electron chi connectivity index (χ4n) is 1.85. The molecule has 0 radical (unpaired) electrons. The smallest absolute Gasteiger partial charge is 0.138 e. The van der Waals surface area contributed by atoms with E-state index < -0.39 is 18.5 Å². The van der Waals surface area contributed by atoms with E-state index in [1.54, 1.807) is 7.11 Å². The lowest BCUT2D eigenvalue weighted by Crippen LogP contribution is -2.59. The predicted octanol–water partition coefficient (Wildman–Crippen LogP) is 3.33. The molecule has 0 aliphatic carbocycles. The van der Waals surface area contributed by atoms with E-state index in [2.05, 4.69) is 38.3 Å². The lowest BCUT2D eigenvalue weighted by atomic mass is 9.98. The monoisotopic (exact) mass is 344 g/mol. The highest BCUT2D eigenvalue weighted by atomic mass is 32.3. The van der Waals surface area contributed by atoms with E-state index in [0.717, 1.165) is 5.56 Å². The average Bonchev–Trinajstić information content (AvgIpc) is 2.36. The molecular weight excluding hydrogens is 312 g/mol. The maximum absolute atomic E-state index is 13.0. The van der Waals surface area contributed by atoms with Crippen molar-refractivity contribution in [2.45, 2.75) is 63.2 Å². The van der Waals surface area contributed by atoms with Crippen molar-refractivity contribution < 1.29 is 8.95 Å². The highest BCUT2D eigenvalue weighted by molar-refractivity contribution is 8.00. The van der Waals surface area contributed by atoms with Crippen molar-refractivity contribution in [3.63, 3.8) is 0 Å². The third-order valence-corrected chi connectivity index (χ3v) is 13.2. The number of nitrogens with two attached hydrogens (primary N) is 1. The first-order chi connectivity index (χ1) is 9.73. The van der Waals surface area contributed by atoms with Gasteiger partial charge in [-0.15, -0.1) is 0 Å². The second-order valence-electron chi connectivity index (χ2n) is 7.91. The minimum absolute atomic E-state index is 0.0695. The van der Waals surface area contributed by atoms with Gasteiger partial charge in [-0.05, 0) is 36.6 Å². The van der Waals surface area contributed by atoms with Gasteiger partial charge < -0.3 is 4.74 Å². The Balaban J connectivity index is 3.08. The summed E-state index contributed by atoms with van der Waals surface area (Å²) in [6.07, 6.45) is 0. The molecule has 0 amide bonds. The van der Waals surface area contributed by atoms with Gasteiger partial charge in [0, 0.05) is 22.3 Å². The molecule has 0 fully saturated rings. The van der Waals surface area contributed by atoms with Crippen molar-refractivity contribution in [3.05, 3.63) is 29.8 Å². The highest BCUT2D eigenvalue weighted by Gasteiger charge is 2.38. The highest BCUT2D eigenvalue weighted by Crippen LogP contribution is 2.35. The second kappa shape index (κ2) is 6.17. The molecule has 1 rings (SSSR count). The maximum Gasteiger partial charge on any atom is 0.138 e. The number of benzene rings is 1.